The highest BCUT2D eigenvalue weighted by Crippen LogP contribution is 2.30. The van der Waals surface area contributed by atoms with Crippen LogP contribution in [0.5, 0.6) is 5.75 Å². The van der Waals surface area contributed by atoms with Gasteiger partial charge in [-0.1, -0.05) is 6.07 Å². The van der Waals surface area contributed by atoms with Gasteiger partial charge in [-0.05, 0) is 24.3 Å². The molecule has 1 aromatic carbocycles. The van der Waals surface area contributed by atoms with Crippen molar-refractivity contribution in [3.05, 3.63) is 48.5 Å². The van der Waals surface area contributed by atoms with E-state index in [4.69, 9.17) is 14.0 Å². The van der Waals surface area contributed by atoms with Crippen LogP contribution in [0.25, 0.3) is 11.1 Å². The number of nitrogens with zero attached hydrogens (tertiary/aromatic N) is 1. The zero-order valence-electron chi connectivity index (χ0n) is 13.6. The number of pyridine rings is 1. The van der Waals surface area contributed by atoms with Crippen LogP contribution in [-0.4, -0.2) is 63.3 Å². The number of ether oxygens (including phenoxy) is 2. The van der Waals surface area contributed by atoms with Crippen LogP contribution in [0.3, 0.4) is 0 Å². The van der Waals surface area contributed by atoms with Crippen molar-refractivity contribution in [2.45, 2.75) is 30.0 Å². The van der Waals surface area contributed by atoms with E-state index in [1.165, 1.54) is 24.5 Å². The van der Waals surface area contributed by atoms with Gasteiger partial charge < -0.3 is 24.8 Å². The van der Waals surface area contributed by atoms with Crippen LogP contribution < -0.4 is 4.74 Å². The molecule has 2 aromatic rings. The van der Waals surface area contributed by atoms with E-state index in [9.17, 15) is 28.1 Å². The quantitative estimate of drug-likeness (QED) is 0.517. The summed E-state index contributed by atoms with van der Waals surface area (Å²) in [6.45, 7) is 0. The fraction of sp³-hybridized carbons (Fsp3) is 0.312. The van der Waals surface area contributed by atoms with E-state index >= 15 is 0 Å². The lowest BCUT2D eigenvalue weighted by Gasteiger charge is -2.38. The van der Waals surface area contributed by atoms with Gasteiger partial charge in [-0.2, -0.15) is 8.42 Å². The maximum Gasteiger partial charge on any atom is 0.295 e. The van der Waals surface area contributed by atoms with E-state index < -0.39 is 46.0 Å². The van der Waals surface area contributed by atoms with Crippen LogP contribution in [0, 0.1) is 5.82 Å². The molecule has 0 bridgehead atoms. The maximum atomic E-state index is 14.1. The van der Waals surface area contributed by atoms with E-state index in [1.54, 1.807) is 12.1 Å². The molecule has 0 amide bonds. The number of rotatable bonds is 4. The first kappa shape index (κ1) is 19.6. The first-order chi connectivity index (χ1) is 12.7. The fourth-order valence-corrected chi connectivity index (χ4v) is 3.38. The summed E-state index contributed by atoms with van der Waals surface area (Å²) in [5.74, 6) is -0.594. The highest BCUT2D eigenvalue weighted by atomic mass is 32.2. The monoisotopic (exact) mass is 401 g/mol. The van der Waals surface area contributed by atoms with E-state index in [-0.39, 0.29) is 11.3 Å². The first-order valence-corrected chi connectivity index (χ1v) is 9.21. The van der Waals surface area contributed by atoms with Crippen molar-refractivity contribution >= 4 is 10.1 Å². The minimum atomic E-state index is -4.91. The molecule has 146 valence electrons. The van der Waals surface area contributed by atoms with Gasteiger partial charge in [-0.25, -0.2) is 4.39 Å². The van der Waals surface area contributed by atoms with E-state index in [0.29, 0.717) is 5.56 Å². The first-order valence-electron chi connectivity index (χ1n) is 7.71. The predicted molar refractivity (Wildman–Crippen MR) is 88.5 cm³/mol. The van der Waals surface area contributed by atoms with Crippen molar-refractivity contribution in [2.24, 2.45) is 0 Å². The number of aliphatic hydroxyl groups is 3. The zero-order chi connectivity index (χ0) is 19.8. The molecule has 1 aliphatic heterocycles. The number of aromatic nitrogens is 1. The third-order valence-electron chi connectivity index (χ3n) is 3.98. The smallest absolute Gasteiger partial charge is 0.295 e. The summed E-state index contributed by atoms with van der Waals surface area (Å²) in [5, 5.41) is 29.4. The van der Waals surface area contributed by atoms with Gasteiger partial charge in [0.25, 0.3) is 10.1 Å². The second-order valence-corrected chi connectivity index (χ2v) is 7.36. The number of aliphatic hydroxyl groups excluding tert-OH is 3. The Bertz CT molecular complexity index is 910. The second-order valence-electron chi connectivity index (χ2n) is 5.86. The molecule has 3 rings (SSSR count). The Balaban J connectivity index is 1.88. The van der Waals surface area contributed by atoms with Crippen LogP contribution in [-0.2, 0) is 14.9 Å². The molecule has 11 heteroatoms. The Kier molecular flexibility index (Phi) is 5.42. The maximum absolute atomic E-state index is 14.1. The molecule has 5 atom stereocenters. The van der Waals surface area contributed by atoms with Crippen LogP contribution in [0.4, 0.5) is 4.39 Å². The fourth-order valence-electron chi connectivity index (χ4n) is 2.62. The van der Waals surface area contributed by atoms with E-state index in [1.807, 2.05) is 0 Å². The highest BCUT2D eigenvalue weighted by Gasteiger charge is 2.50. The molecule has 0 radical (unpaired) electrons. The van der Waals surface area contributed by atoms with Gasteiger partial charge in [0.05, 0.1) is 0 Å². The van der Waals surface area contributed by atoms with Gasteiger partial charge in [0.1, 0.15) is 29.9 Å². The topological polar surface area (TPSA) is 146 Å². The third kappa shape index (κ3) is 4.08. The van der Waals surface area contributed by atoms with Crippen molar-refractivity contribution in [3.63, 3.8) is 0 Å². The summed E-state index contributed by atoms with van der Waals surface area (Å²) in [4.78, 5) is 3.89. The summed E-state index contributed by atoms with van der Waals surface area (Å²) in [7, 11) is -4.91. The normalized spacial score (nSPS) is 28.7. The molecule has 2 heterocycles. The molecule has 0 aliphatic carbocycles. The summed E-state index contributed by atoms with van der Waals surface area (Å²) in [6, 6.07) is 6.76. The molecule has 1 saturated heterocycles. The van der Waals surface area contributed by atoms with Crippen LogP contribution in [0.1, 0.15) is 0 Å². The summed E-state index contributed by atoms with van der Waals surface area (Å²) in [6.07, 6.45) is -4.70. The molecule has 0 spiro atoms. The minimum Gasteiger partial charge on any atom is -0.462 e. The van der Waals surface area contributed by atoms with Gasteiger partial charge in [0, 0.05) is 23.5 Å². The number of hydrogen-bond acceptors (Lipinski definition) is 8. The van der Waals surface area contributed by atoms with Crippen molar-refractivity contribution in [2.75, 3.05) is 0 Å². The Hall–Kier alpha value is -2.15. The molecule has 1 aliphatic rings. The molecule has 1 fully saturated rings. The Labute approximate surface area is 153 Å². The van der Waals surface area contributed by atoms with Crippen molar-refractivity contribution < 1.29 is 42.2 Å². The molecular weight excluding hydrogens is 385 g/mol. The number of benzene rings is 1. The summed E-state index contributed by atoms with van der Waals surface area (Å²) in [5.41, 5.74) is -1.66. The van der Waals surface area contributed by atoms with Crippen molar-refractivity contribution in [1.82, 2.24) is 4.98 Å². The third-order valence-corrected chi connectivity index (χ3v) is 4.96. The minimum absolute atomic E-state index is 0.0167. The van der Waals surface area contributed by atoms with Crippen LogP contribution in [0.15, 0.2) is 42.7 Å². The largest absolute Gasteiger partial charge is 0.462 e. The predicted octanol–water partition coefficient (Wildman–Crippen LogP) is -0.0806. The lowest BCUT2D eigenvalue weighted by molar-refractivity contribution is -0.254. The molecule has 9 nitrogen and oxygen atoms in total. The molecular formula is C16H16FNO8S. The van der Waals surface area contributed by atoms with Crippen LogP contribution in [0.2, 0.25) is 0 Å². The SMILES string of the molecule is O=S(=O)(O)C1O[C@@H](Oc2ccc(F)c(-c3cccnc3)c2)[C@H](O)[C@@H](O)[C@@H]1O. The molecule has 1 aromatic heterocycles. The highest BCUT2D eigenvalue weighted by molar-refractivity contribution is 7.86. The van der Waals surface area contributed by atoms with E-state index in [0.717, 1.165) is 6.07 Å². The molecule has 4 N–H and O–H groups in total. The molecule has 0 saturated carbocycles. The number of halogens is 1. The number of hydrogen-bond donors (Lipinski definition) is 4. The molecule has 1 unspecified atom stereocenters. The van der Waals surface area contributed by atoms with Crippen molar-refractivity contribution in [3.8, 4) is 16.9 Å². The lowest BCUT2D eigenvalue weighted by Crippen LogP contribution is -2.61. The zero-order valence-corrected chi connectivity index (χ0v) is 14.4. The van der Waals surface area contributed by atoms with Gasteiger partial charge in [0.2, 0.25) is 11.7 Å². The summed E-state index contributed by atoms with van der Waals surface area (Å²) >= 11 is 0. The van der Waals surface area contributed by atoms with Crippen LogP contribution >= 0.6 is 0 Å². The Morgan fingerprint density at radius 1 is 1.11 bits per heavy atom. The van der Waals surface area contributed by atoms with Gasteiger partial charge in [-0.15, -0.1) is 0 Å². The van der Waals surface area contributed by atoms with Gasteiger partial charge >= 0.3 is 0 Å². The van der Waals surface area contributed by atoms with Gasteiger partial charge in [0.15, 0.2) is 0 Å². The summed E-state index contributed by atoms with van der Waals surface area (Å²) < 4.78 is 56.0. The molecule has 27 heavy (non-hydrogen) atoms. The van der Waals surface area contributed by atoms with Crippen molar-refractivity contribution in [1.29, 1.82) is 0 Å². The second kappa shape index (κ2) is 7.46. The average molecular weight is 401 g/mol. The Morgan fingerprint density at radius 2 is 1.85 bits per heavy atom. The van der Waals surface area contributed by atoms with Gasteiger partial charge in [-0.3, -0.25) is 9.54 Å². The van der Waals surface area contributed by atoms with E-state index in [2.05, 4.69) is 4.98 Å². The standard InChI is InChI=1S/C16H16FNO8S/c17-11-4-3-9(6-10(11)8-2-1-5-18-7-8)25-15-13(20)12(19)14(21)16(26-15)27(22,23)24/h1-7,12-16,19-21H,(H,22,23,24)/t12-,13-,14+,15-,16?/m1/s1. The average Bonchev–Trinajstić information content (AvgIpc) is 2.63. The lowest BCUT2D eigenvalue weighted by atomic mass is 10.0. The Morgan fingerprint density at radius 3 is 2.48 bits per heavy atom.